The molecule has 33 heavy (non-hydrogen) atoms. The minimum absolute atomic E-state index is 0.0475. The highest BCUT2D eigenvalue weighted by Gasteiger charge is 2.40. The summed E-state index contributed by atoms with van der Waals surface area (Å²) in [6.07, 6.45) is -4.11. The van der Waals surface area contributed by atoms with Crippen molar-refractivity contribution in [2.75, 3.05) is 18.6 Å². The van der Waals surface area contributed by atoms with Crippen molar-refractivity contribution in [1.82, 2.24) is 9.47 Å². The molecule has 4 rings (SSSR count). The Kier molecular flexibility index (Phi) is 6.68. The smallest absolute Gasteiger partial charge is 0.336 e. The molecule has 2 heterocycles. The lowest BCUT2D eigenvalue weighted by atomic mass is 10.0. The molecule has 0 radical (unpaired) electrons. The summed E-state index contributed by atoms with van der Waals surface area (Å²) in [5, 5.41) is 0.442. The van der Waals surface area contributed by atoms with E-state index in [2.05, 4.69) is 0 Å². The second kappa shape index (κ2) is 9.35. The third kappa shape index (κ3) is 5.01. The lowest BCUT2D eigenvalue weighted by Gasteiger charge is -2.25. The van der Waals surface area contributed by atoms with Crippen LogP contribution in [0.5, 0.6) is 0 Å². The number of hydrogen-bond acceptors (Lipinski definition) is 2. The van der Waals surface area contributed by atoms with Crippen LogP contribution in [0.15, 0.2) is 60.7 Å². The fourth-order valence-electron chi connectivity index (χ4n) is 4.08. The van der Waals surface area contributed by atoms with Gasteiger partial charge in [0.2, 0.25) is 0 Å². The average Bonchev–Trinajstić information content (AvgIpc) is 3.38. The lowest BCUT2D eigenvalue weighted by Crippen LogP contribution is -2.39. The molecule has 1 aliphatic rings. The van der Waals surface area contributed by atoms with Gasteiger partial charge in [-0.1, -0.05) is 54.1 Å². The Balaban J connectivity index is 1.89. The van der Waals surface area contributed by atoms with E-state index in [1.165, 1.54) is 4.90 Å². The summed E-state index contributed by atoms with van der Waals surface area (Å²) in [6.45, 7) is -0.116. The number of halogens is 4. The highest BCUT2D eigenvalue weighted by atomic mass is 35.5. The normalized spacial score (nSPS) is 18.5. The van der Waals surface area contributed by atoms with Gasteiger partial charge < -0.3 is 9.47 Å². The van der Waals surface area contributed by atoms with Crippen molar-refractivity contribution in [2.24, 2.45) is 0 Å². The van der Waals surface area contributed by atoms with Gasteiger partial charge in [0, 0.05) is 52.5 Å². The molecule has 1 amide bonds. The second-order valence-corrected chi connectivity index (χ2v) is 10.1. The Morgan fingerprint density at radius 1 is 1.15 bits per heavy atom. The van der Waals surface area contributed by atoms with Crippen molar-refractivity contribution in [3.8, 4) is 11.1 Å². The molecule has 1 saturated heterocycles. The number of carbonyl (C=O) groups excluding carboxylic acids is 1. The Morgan fingerprint density at radius 3 is 2.39 bits per heavy atom. The molecule has 2 aromatic carbocycles. The first kappa shape index (κ1) is 23.6. The zero-order chi connectivity index (χ0) is 23.8. The van der Waals surface area contributed by atoms with Crippen molar-refractivity contribution >= 4 is 28.3 Å². The van der Waals surface area contributed by atoms with Gasteiger partial charge in [0.05, 0.1) is 0 Å². The number of alkyl halides is 3. The van der Waals surface area contributed by atoms with E-state index >= 15 is 0 Å². The van der Waals surface area contributed by atoms with Gasteiger partial charge in [-0.25, -0.2) is 0 Å². The third-order valence-electron chi connectivity index (χ3n) is 5.85. The first-order valence-electron chi connectivity index (χ1n) is 10.4. The Hall–Kier alpha value is -2.58. The summed E-state index contributed by atoms with van der Waals surface area (Å²) in [7, 11) is 0.532. The number of aromatic nitrogens is 1. The minimum Gasteiger partial charge on any atom is -0.336 e. The van der Waals surface area contributed by atoms with Crippen LogP contribution in [-0.2, 0) is 23.5 Å². The molecule has 1 aliphatic heterocycles. The van der Waals surface area contributed by atoms with Gasteiger partial charge >= 0.3 is 6.18 Å². The summed E-state index contributed by atoms with van der Waals surface area (Å²) in [5.41, 5.74) is 0.339. The van der Waals surface area contributed by atoms with E-state index in [0.29, 0.717) is 34.1 Å². The topological polar surface area (TPSA) is 42.3 Å². The number of benzene rings is 2. The Labute approximate surface area is 197 Å². The molecular weight excluding hydrogens is 473 g/mol. The molecule has 174 valence electrons. The van der Waals surface area contributed by atoms with Crippen molar-refractivity contribution in [1.29, 1.82) is 0 Å². The summed E-state index contributed by atoms with van der Waals surface area (Å²) in [6, 6.07) is 15.8. The van der Waals surface area contributed by atoms with E-state index < -0.39 is 28.6 Å². The molecule has 9 heteroatoms. The molecule has 0 saturated carbocycles. The van der Waals surface area contributed by atoms with Gasteiger partial charge in [0.1, 0.15) is 11.4 Å². The molecule has 4 nitrogen and oxygen atoms in total. The highest BCUT2D eigenvalue weighted by Crippen LogP contribution is 2.38. The van der Waals surface area contributed by atoms with Crippen LogP contribution in [0.4, 0.5) is 13.2 Å². The van der Waals surface area contributed by atoms with Crippen molar-refractivity contribution in [3.05, 3.63) is 82.6 Å². The van der Waals surface area contributed by atoms with Crippen LogP contribution in [-0.4, -0.2) is 44.2 Å². The average molecular weight is 495 g/mol. The van der Waals surface area contributed by atoms with Crippen molar-refractivity contribution in [3.63, 3.8) is 0 Å². The summed E-state index contributed by atoms with van der Waals surface area (Å²) in [4.78, 5) is 15.1. The van der Waals surface area contributed by atoms with Crippen LogP contribution in [0.3, 0.4) is 0 Å². The first-order chi connectivity index (χ1) is 15.6. The zero-order valence-corrected chi connectivity index (χ0v) is 19.4. The molecule has 0 spiro atoms. The van der Waals surface area contributed by atoms with Gasteiger partial charge in [-0.15, -0.1) is 0 Å². The van der Waals surface area contributed by atoms with E-state index in [-0.39, 0.29) is 23.8 Å². The SMILES string of the molecule is CN(C(=O)c1c(-c2ccc(Cl)cc2)cc(C(F)(F)F)n1Cc1ccccc1)C1CCS(=O)C1. The van der Waals surface area contributed by atoms with Gasteiger partial charge in [-0.3, -0.25) is 9.00 Å². The fourth-order valence-corrected chi connectivity index (χ4v) is 5.73. The van der Waals surface area contributed by atoms with E-state index in [1.54, 1.807) is 61.6 Å². The van der Waals surface area contributed by atoms with Crippen molar-refractivity contribution in [2.45, 2.75) is 25.2 Å². The number of hydrogen-bond donors (Lipinski definition) is 0. The first-order valence-corrected chi connectivity index (χ1v) is 12.2. The van der Waals surface area contributed by atoms with Crippen LogP contribution in [0.25, 0.3) is 11.1 Å². The van der Waals surface area contributed by atoms with Crippen LogP contribution >= 0.6 is 11.6 Å². The van der Waals surface area contributed by atoms with Crippen LogP contribution < -0.4 is 0 Å². The summed E-state index contributed by atoms with van der Waals surface area (Å²) < 4.78 is 55.3. The molecular formula is C24H22ClF3N2O2S. The largest absolute Gasteiger partial charge is 0.431 e. The molecule has 3 aromatic rings. The summed E-state index contributed by atoms with van der Waals surface area (Å²) in [5.74, 6) is 0.269. The van der Waals surface area contributed by atoms with Gasteiger partial charge in [-0.2, -0.15) is 13.2 Å². The zero-order valence-electron chi connectivity index (χ0n) is 17.8. The van der Waals surface area contributed by atoms with Crippen LogP contribution in [0.1, 0.15) is 28.2 Å². The quantitative estimate of drug-likeness (QED) is 0.472. The molecule has 0 N–H and O–H groups in total. The van der Waals surface area contributed by atoms with Gasteiger partial charge in [0.15, 0.2) is 0 Å². The van der Waals surface area contributed by atoms with Crippen LogP contribution in [0, 0.1) is 0 Å². The number of nitrogens with zero attached hydrogens (tertiary/aromatic N) is 2. The lowest BCUT2D eigenvalue weighted by molar-refractivity contribution is -0.143. The molecule has 2 unspecified atom stereocenters. The van der Waals surface area contributed by atoms with Gasteiger partial charge in [0.25, 0.3) is 5.91 Å². The summed E-state index contributed by atoms with van der Waals surface area (Å²) >= 11 is 5.98. The second-order valence-electron chi connectivity index (χ2n) is 8.04. The third-order valence-corrected chi connectivity index (χ3v) is 7.55. The number of amides is 1. The predicted octanol–water partition coefficient (Wildman–Crippen LogP) is 5.47. The standard InChI is InChI=1S/C24H22ClF3N2O2S/c1-29(19-11-12-33(32)15-19)23(31)22-20(17-7-9-18(25)10-8-17)13-21(24(26,27)28)30(22)14-16-5-3-2-4-6-16/h2-10,13,19H,11-12,14-15H2,1H3. The fraction of sp³-hybridized carbons (Fsp3) is 0.292. The molecule has 1 fully saturated rings. The molecule has 0 aliphatic carbocycles. The maximum absolute atomic E-state index is 14.1. The van der Waals surface area contributed by atoms with E-state index in [1.807, 2.05) is 0 Å². The monoisotopic (exact) mass is 494 g/mol. The van der Waals surface area contributed by atoms with Crippen LogP contribution in [0.2, 0.25) is 5.02 Å². The minimum atomic E-state index is -4.66. The number of carbonyl (C=O) groups is 1. The predicted molar refractivity (Wildman–Crippen MR) is 124 cm³/mol. The Bertz CT molecular complexity index is 1180. The molecule has 2 atom stereocenters. The molecule has 0 bridgehead atoms. The van der Waals surface area contributed by atoms with Gasteiger partial charge in [-0.05, 0) is 35.7 Å². The van der Waals surface area contributed by atoms with E-state index in [4.69, 9.17) is 11.6 Å². The maximum atomic E-state index is 14.1. The van der Waals surface area contributed by atoms with E-state index in [0.717, 1.165) is 10.6 Å². The number of rotatable bonds is 5. The van der Waals surface area contributed by atoms with Crippen molar-refractivity contribution < 1.29 is 22.2 Å². The van der Waals surface area contributed by atoms with E-state index in [9.17, 15) is 22.2 Å². The molecule has 1 aromatic heterocycles. The highest BCUT2D eigenvalue weighted by molar-refractivity contribution is 7.85. The Morgan fingerprint density at radius 2 is 1.82 bits per heavy atom. The maximum Gasteiger partial charge on any atom is 0.431 e.